The van der Waals surface area contributed by atoms with Crippen LogP contribution in [0, 0.1) is 11.7 Å². The van der Waals surface area contributed by atoms with Crippen molar-refractivity contribution >= 4 is 5.78 Å². The van der Waals surface area contributed by atoms with Gasteiger partial charge in [-0.15, -0.1) is 0 Å². The van der Waals surface area contributed by atoms with Crippen LogP contribution in [0.1, 0.15) is 30.1 Å². The van der Waals surface area contributed by atoms with Gasteiger partial charge < -0.3 is 9.64 Å². The highest BCUT2D eigenvalue weighted by Crippen LogP contribution is 2.19. The molecule has 2 rings (SSSR count). The van der Waals surface area contributed by atoms with Crippen molar-refractivity contribution in [3.05, 3.63) is 35.6 Å². The fourth-order valence-corrected chi connectivity index (χ4v) is 2.67. The molecule has 0 aliphatic carbocycles. The van der Waals surface area contributed by atoms with Crippen LogP contribution in [0.15, 0.2) is 24.3 Å². The molecule has 1 aromatic rings. The van der Waals surface area contributed by atoms with E-state index in [2.05, 4.69) is 11.8 Å². The van der Waals surface area contributed by atoms with E-state index < -0.39 is 0 Å². The number of hydrogen-bond donors (Lipinski definition) is 0. The molecule has 1 aliphatic heterocycles. The van der Waals surface area contributed by atoms with E-state index >= 15 is 0 Å². The molecule has 0 spiro atoms. The van der Waals surface area contributed by atoms with Gasteiger partial charge in [0.15, 0.2) is 5.78 Å². The Morgan fingerprint density at radius 3 is 3.00 bits per heavy atom. The van der Waals surface area contributed by atoms with Gasteiger partial charge in [-0.3, -0.25) is 4.79 Å². The van der Waals surface area contributed by atoms with E-state index in [9.17, 15) is 9.18 Å². The normalized spacial score (nSPS) is 23.8. The predicted molar refractivity (Wildman–Crippen MR) is 76.4 cm³/mol. The van der Waals surface area contributed by atoms with Crippen molar-refractivity contribution < 1.29 is 13.9 Å². The second kappa shape index (κ2) is 6.95. The van der Waals surface area contributed by atoms with Gasteiger partial charge in [-0.25, -0.2) is 4.39 Å². The predicted octanol–water partition coefficient (Wildman–Crippen LogP) is 2.76. The topological polar surface area (TPSA) is 29.5 Å². The summed E-state index contributed by atoms with van der Waals surface area (Å²) in [4.78, 5) is 14.3. The lowest BCUT2D eigenvalue weighted by Crippen LogP contribution is -2.44. The standard InChI is InChI=1S/C16H22FNO2/c1-12-6-8-18(11-16(12)20-2)9-7-15(19)13-4-3-5-14(17)10-13/h3-5,10,12,16H,6-9,11H2,1-2H3. The smallest absolute Gasteiger partial charge is 0.164 e. The number of halogens is 1. The van der Waals surface area contributed by atoms with Gasteiger partial charge in [0.1, 0.15) is 5.82 Å². The van der Waals surface area contributed by atoms with Crippen molar-refractivity contribution in [2.45, 2.75) is 25.9 Å². The number of benzene rings is 1. The van der Waals surface area contributed by atoms with Crippen molar-refractivity contribution in [3.8, 4) is 0 Å². The molecule has 1 aliphatic rings. The Morgan fingerprint density at radius 2 is 2.30 bits per heavy atom. The SMILES string of the molecule is COC1CN(CCC(=O)c2cccc(F)c2)CCC1C. The minimum absolute atomic E-state index is 0.00270. The minimum atomic E-state index is -0.359. The Bertz CT molecular complexity index is 464. The van der Waals surface area contributed by atoms with E-state index in [1.165, 1.54) is 12.1 Å². The number of methoxy groups -OCH3 is 1. The number of Topliss-reactive ketones (excluding diaryl/α,β-unsaturated/α-hetero) is 1. The van der Waals surface area contributed by atoms with Crippen LogP contribution >= 0.6 is 0 Å². The Labute approximate surface area is 119 Å². The molecular formula is C16H22FNO2. The van der Waals surface area contributed by atoms with Crippen molar-refractivity contribution in [1.29, 1.82) is 0 Å². The summed E-state index contributed by atoms with van der Waals surface area (Å²) in [6.07, 6.45) is 1.76. The highest BCUT2D eigenvalue weighted by Gasteiger charge is 2.26. The largest absolute Gasteiger partial charge is 0.380 e. The minimum Gasteiger partial charge on any atom is -0.380 e. The van der Waals surface area contributed by atoms with Crippen LogP contribution in [0.2, 0.25) is 0 Å². The van der Waals surface area contributed by atoms with Gasteiger partial charge in [-0.2, -0.15) is 0 Å². The van der Waals surface area contributed by atoms with Gasteiger partial charge in [0.2, 0.25) is 0 Å². The third kappa shape index (κ3) is 3.87. The monoisotopic (exact) mass is 279 g/mol. The van der Waals surface area contributed by atoms with E-state index in [0.29, 0.717) is 24.4 Å². The van der Waals surface area contributed by atoms with Crippen LogP contribution in [-0.2, 0) is 4.74 Å². The summed E-state index contributed by atoms with van der Waals surface area (Å²) in [5.41, 5.74) is 0.457. The molecule has 0 saturated carbocycles. The lowest BCUT2D eigenvalue weighted by molar-refractivity contribution is -0.00479. The molecule has 2 atom stereocenters. The molecule has 20 heavy (non-hydrogen) atoms. The zero-order chi connectivity index (χ0) is 14.5. The number of likely N-dealkylation sites (tertiary alicyclic amines) is 1. The first-order chi connectivity index (χ1) is 9.60. The third-order valence-corrected chi connectivity index (χ3v) is 4.08. The Kier molecular flexibility index (Phi) is 5.26. The van der Waals surface area contributed by atoms with Crippen LogP contribution in [0.25, 0.3) is 0 Å². The summed E-state index contributed by atoms with van der Waals surface area (Å²) in [5.74, 6) is 0.203. The maximum absolute atomic E-state index is 13.1. The first-order valence-electron chi connectivity index (χ1n) is 7.14. The van der Waals surface area contributed by atoms with E-state index in [0.717, 1.165) is 19.5 Å². The molecule has 1 fully saturated rings. The zero-order valence-electron chi connectivity index (χ0n) is 12.1. The molecule has 3 nitrogen and oxygen atoms in total. The molecule has 0 amide bonds. The first kappa shape index (κ1) is 15.1. The van der Waals surface area contributed by atoms with Crippen LogP contribution in [0.3, 0.4) is 0 Å². The van der Waals surface area contributed by atoms with Gasteiger partial charge in [-0.1, -0.05) is 19.1 Å². The molecule has 0 aromatic heterocycles. The molecule has 110 valence electrons. The number of ether oxygens (including phenoxy) is 1. The molecule has 0 bridgehead atoms. The number of nitrogens with zero attached hydrogens (tertiary/aromatic N) is 1. The van der Waals surface area contributed by atoms with E-state index in [-0.39, 0.29) is 17.7 Å². The number of hydrogen-bond acceptors (Lipinski definition) is 3. The molecule has 4 heteroatoms. The quantitative estimate of drug-likeness (QED) is 0.776. The fourth-order valence-electron chi connectivity index (χ4n) is 2.67. The maximum atomic E-state index is 13.1. The number of ketones is 1. The molecule has 0 radical (unpaired) electrons. The second-order valence-corrected chi connectivity index (χ2v) is 5.52. The average Bonchev–Trinajstić information content (AvgIpc) is 2.46. The molecule has 1 saturated heterocycles. The number of rotatable bonds is 5. The number of carbonyl (C=O) groups is 1. The average molecular weight is 279 g/mol. The van der Waals surface area contributed by atoms with Crippen LogP contribution < -0.4 is 0 Å². The Morgan fingerprint density at radius 1 is 1.50 bits per heavy atom. The van der Waals surface area contributed by atoms with Crippen molar-refractivity contribution in [2.24, 2.45) is 5.92 Å². The number of piperidine rings is 1. The van der Waals surface area contributed by atoms with Gasteiger partial charge in [0.05, 0.1) is 6.10 Å². The van der Waals surface area contributed by atoms with Gasteiger partial charge in [-0.05, 0) is 31.0 Å². The summed E-state index contributed by atoms with van der Waals surface area (Å²) in [6, 6.07) is 5.90. The summed E-state index contributed by atoms with van der Waals surface area (Å²) >= 11 is 0. The molecule has 0 N–H and O–H groups in total. The van der Waals surface area contributed by atoms with Crippen molar-refractivity contribution in [1.82, 2.24) is 4.90 Å². The molecular weight excluding hydrogens is 257 g/mol. The van der Waals surface area contributed by atoms with Crippen molar-refractivity contribution in [3.63, 3.8) is 0 Å². The van der Waals surface area contributed by atoms with Crippen LogP contribution in [0.4, 0.5) is 4.39 Å². The van der Waals surface area contributed by atoms with E-state index in [1.54, 1.807) is 19.2 Å². The molecule has 1 aromatic carbocycles. The molecule has 1 heterocycles. The van der Waals surface area contributed by atoms with Gasteiger partial charge >= 0.3 is 0 Å². The van der Waals surface area contributed by atoms with Gasteiger partial charge in [0, 0.05) is 32.2 Å². The highest BCUT2D eigenvalue weighted by atomic mass is 19.1. The summed E-state index contributed by atoms with van der Waals surface area (Å²) in [6.45, 7) is 4.77. The second-order valence-electron chi connectivity index (χ2n) is 5.52. The maximum Gasteiger partial charge on any atom is 0.164 e. The fraction of sp³-hybridized carbons (Fsp3) is 0.562. The number of carbonyl (C=O) groups excluding carboxylic acids is 1. The van der Waals surface area contributed by atoms with Crippen LogP contribution in [0.5, 0.6) is 0 Å². The molecule has 2 unspecified atom stereocenters. The zero-order valence-corrected chi connectivity index (χ0v) is 12.1. The highest BCUT2D eigenvalue weighted by molar-refractivity contribution is 5.96. The van der Waals surface area contributed by atoms with E-state index in [1.807, 2.05) is 0 Å². The third-order valence-electron chi connectivity index (χ3n) is 4.08. The lowest BCUT2D eigenvalue weighted by Gasteiger charge is -2.36. The lowest BCUT2D eigenvalue weighted by atomic mass is 9.95. The first-order valence-corrected chi connectivity index (χ1v) is 7.14. The van der Waals surface area contributed by atoms with E-state index in [4.69, 9.17) is 4.74 Å². The Hall–Kier alpha value is -1.26. The van der Waals surface area contributed by atoms with Crippen molar-refractivity contribution in [2.75, 3.05) is 26.7 Å². The van der Waals surface area contributed by atoms with Crippen LogP contribution in [-0.4, -0.2) is 43.5 Å². The Balaban J connectivity index is 1.84. The summed E-state index contributed by atoms with van der Waals surface area (Å²) in [5, 5.41) is 0. The summed E-state index contributed by atoms with van der Waals surface area (Å²) < 4.78 is 18.5. The summed E-state index contributed by atoms with van der Waals surface area (Å²) in [7, 11) is 1.74. The van der Waals surface area contributed by atoms with Gasteiger partial charge in [0.25, 0.3) is 0 Å².